The number of alkyl halides is 1. The van der Waals surface area contributed by atoms with E-state index in [9.17, 15) is 0 Å². The molecule has 0 spiro atoms. The van der Waals surface area contributed by atoms with Crippen molar-refractivity contribution in [1.29, 1.82) is 0 Å². The lowest BCUT2D eigenvalue weighted by Gasteiger charge is -2.20. The van der Waals surface area contributed by atoms with E-state index in [4.69, 9.17) is 16.6 Å². The number of hydrogen-bond donors (Lipinski definition) is 0. The minimum Gasteiger partial charge on any atom is -0.309 e. The second-order valence-corrected chi connectivity index (χ2v) is 6.45. The van der Waals surface area contributed by atoms with Crippen LogP contribution >= 0.6 is 11.6 Å². The van der Waals surface area contributed by atoms with Crippen molar-refractivity contribution in [3.8, 4) is 0 Å². The Kier molecular flexibility index (Phi) is 5.31. The van der Waals surface area contributed by atoms with Crippen LogP contribution in [-0.4, -0.2) is 19.3 Å². The lowest BCUT2D eigenvalue weighted by Crippen LogP contribution is -2.14. The van der Waals surface area contributed by atoms with Gasteiger partial charge in [-0.2, -0.15) is 5.10 Å². The number of fused-ring (bicyclic) bond motifs is 1. The molecule has 0 aliphatic carbocycles. The summed E-state index contributed by atoms with van der Waals surface area (Å²) >= 11 is 6.41. The number of halogens is 1. The molecule has 118 valence electrons. The van der Waals surface area contributed by atoms with Crippen LogP contribution in [0.2, 0.25) is 0 Å². The highest BCUT2D eigenvalue weighted by molar-refractivity contribution is 6.20. The Bertz CT molecular complexity index is 597. The van der Waals surface area contributed by atoms with Gasteiger partial charge in [-0.1, -0.05) is 33.6 Å². The summed E-state index contributed by atoms with van der Waals surface area (Å²) in [5, 5.41) is 4.58. The van der Waals surface area contributed by atoms with Crippen molar-refractivity contribution in [2.75, 3.05) is 0 Å². The molecule has 0 fully saturated rings. The van der Waals surface area contributed by atoms with Crippen molar-refractivity contribution in [2.45, 2.75) is 71.2 Å². The van der Waals surface area contributed by atoms with Crippen LogP contribution in [0.15, 0.2) is 0 Å². The third-order valence-corrected chi connectivity index (χ3v) is 4.26. The smallest absolute Gasteiger partial charge is 0.158 e. The molecular weight excluding hydrogens is 284 g/mol. The van der Waals surface area contributed by atoms with Crippen LogP contribution in [0.5, 0.6) is 0 Å². The van der Waals surface area contributed by atoms with E-state index in [1.54, 1.807) is 0 Å². The van der Waals surface area contributed by atoms with Crippen LogP contribution in [0.1, 0.15) is 76.3 Å². The van der Waals surface area contributed by atoms with Crippen molar-refractivity contribution in [3.63, 3.8) is 0 Å². The fourth-order valence-corrected chi connectivity index (χ4v) is 3.27. The fourth-order valence-electron chi connectivity index (χ4n) is 3.11. The molecular formula is C16H27ClN4. The third-order valence-electron chi connectivity index (χ3n) is 4.06. The van der Waals surface area contributed by atoms with E-state index < -0.39 is 0 Å². The second-order valence-electron chi connectivity index (χ2n) is 5.80. The minimum atomic E-state index is -0.0854. The van der Waals surface area contributed by atoms with Crippen molar-refractivity contribution >= 4 is 22.8 Å². The van der Waals surface area contributed by atoms with E-state index in [0.29, 0.717) is 6.04 Å². The van der Waals surface area contributed by atoms with Gasteiger partial charge in [-0.05, 0) is 26.2 Å². The van der Waals surface area contributed by atoms with Gasteiger partial charge in [-0.15, -0.1) is 11.6 Å². The Labute approximate surface area is 132 Å². The average Bonchev–Trinajstić information content (AvgIpc) is 2.96. The van der Waals surface area contributed by atoms with Gasteiger partial charge in [0.15, 0.2) is 5.65 Å². The van der Waals surface area contributed by atoms with Crippen molar-refractivity contribution in [2.24, 2.45) is 7.05 Å². The molecule has 0 aromatic carbocycles. The molecule has 0 amide bonds. The van der Waals surface area contributed by atoms with E-state index in [1.807, 2.05) is 18.7 Å². The summed E-state index contributed by atoms with van der Waals surface area (Å²) in [7, 11) is 2.01. The molecule has 0 bridgehead atoms. The molecule has 0 saturated heterocycles. The molecule has 2 aromatic heterocycles. The number of hydrogen-bond acceptors (Lipinski definition) is 2. The first-order valence-electron chi connectivity index (χ1n) is 8.12. The summed E-state index contributed by atoms with van der Waals surface area (Å²) in [6.45, 7) is 8.64. The molecule has 0 radical (unpaired) electrons. The highest BCUT2D eigenvalue weighted by atomic mass is 35.5. The Hall–Kier alpha value is -1.03. The molecule has 2 atom stereocenters. The maximum absolute atomic E-state index is 6.41. The van der Waals surface area contributed by atoms with E-state index >= 15 is 0 Å². The quantitative estimate of drug-likeness (QED) is 0.690. The molecule has 21 heavy (non-hydrogen) atoms. The van der Waals surface area contributed by atoms with Gasteiger partial charge < -0.3 is 4.57 Å². The average molecular weight is 311 g/mol. The Balaban J connectivity index is 2.67. The predicted octanol–water partition coefficient (Wildman–Crippen LogP) is 4.77. The van der Waals surface area contributed by atoms with Gasteiger partial charge in [0.05, 0.1) is 11.1 Å². The SMILES string of the molecule is CCCc1nn(C)c2c1nc(C(C)Cl)n2C(CC)CCC. The van der Waals surface area contributed by atoms with E-state index in [0.717, 1.165) is 54.8 Å². The molecule has 4 nitrogen and oxygen atoms in total. The van der Waals surface area contributed by atoms with Crippen molar-refractivity contribution in [1.82, 2.24) is 19.3 Å². The zero-order chi connectivity index (χ0) is 15.6. The number of aryl methyl sites for hydroxylation is 2. The maximum Gasteiger partial charge on any atom is 0.158 e. The second kappa shape index (κ2) is 6.82. The monoisotopic (exact) mass is 310 g/mol. The zero-order valence-corrected chi connectivity index (χ0v) is 14.6. The summed E-state index contributed by atoms with van der Waals surface area (Å²) < 4.78 is 4.32. The molecule has 0 aliphatic rings. The Morgan fingerprint density at radius 2 is 1.90 bits per heavy atom. The van der Waals surface area contributed by atoms with Gasteiger partial charge in [-0.25, -0.2) is 4.98 Å². The van der Waals surface area contributed by atoms with Crippen LogP contribution in [0, 0.1) is 0 Å². The molecule has 2 heterocycles. The van der Waals surface area contributed by atoms with E-state index in [-0.39, 0.29) is 5.38 Å². The molecule has 0 aliphatic heterocycles. The van der Waals surface area contributed by atoms with Crippen molar-refractivity contribution < 1.29 is 0 Å². The number of nitrogens with zero attached hydrogens (tertiary/aromatic N) is 4. The number of aromatic nitrogens is 4. The molecule has 2 unspecified atom stereocenters. The van der Waals surface area contributed by atoms with Crippen LogP contribution in [0.4, 0.5) is 0 Å². The van der Waals surface area contributed by atoms with Gasteiger partial charge >= 0.3 is 0 Å². The van der Waals surface area contributed by atoms with Gasteiger partial charge in [0, 0.05) is 13.1 Å². The Morgan fingerprint density at radius 1 is 1.19 bits per heavy atom. The topological polar surface area (TPSA) is 35.6 Å². The van der Waals surface area contributed by atoms with Gasteiger partial charge in [0.2, 0.25) is 0 Å². The number of imidazole rings is 1. The van der Waals surface area contributed by atoms with E-state index in [2.05, 4.69) is 30.4 Å². The minimum absolute atomic E-state index is 0.0854. The highest BCUT2D eigenvalue weighted by Gasteiger charge is 2.24. The molecule has 2 rings (SSSR count). The standard InChI is InChI=1S/C16H27ClN4/c1-6-9-12(8-3)21-15(11(4)17)18-14-13(10-7-2)19-20(5)16(14)21/h11-12H,6-10H2,1-5H3. The normalized spacial score (nSPS) is 14.8. The first-order chi connectivity index (χ1) is 10.0. The summed E-state index contributed by atoms with van der Waals surface area (Å²) in [5.74, 6) is 0.984. The first-order valence-corrected chi connectivity index (χ1v) is 8.56. The molecule has 2 aromatic rings. The number of rotatable bonds is 7. The van der Waals surface area contributed by atoms with Gasteiger partial charge in [-0.3, -0.25) is 4.68 Å². The molecule has 5 heteroatoms. The predicted molar refractivity (Wildman–Crippen MR) is 89.0 cm³/mol. The fraction of sp³-hybridized carbons (Fsp3) is 0.750. The summed E-state index contributed by atoms with van der Waals surface area (Å²) in [6, 6.07) is 0.445. The van der Waals surface area contributed by atoms with Crippen LogP contribution in [-0.2, 0) is 13.5 Å². The maximum atomic E-state index is 6.41. The van der Waals surface area contributed by atoms with Crippen LogP contribution in [0.25, 0.3) is 11.2 Å². The van der Waals surface area contributed by atoms with Gasteiger partial charge in [0.1, 0.15) is 11.3 Å². The summed E-state index contributed by atoms with van der Waals surface area (Å²) in [4.78, 5) is 4.85. The van der Waals surface area contributed by atoms with Crippen molar-refractivity contribution in [3.05, 3.63) is 11.5 Å². The summed E-state index contributed by atoms with van der Waals surface area (Å²) in [5.41, 5.74) is 3.26. The van der Waals surface area contributed by atoms with Crippen LogP contribution in [0.3, 0.4) is 0 Å². The molecule has 0 N–H and O–H groups in total. The summed E-state index contributed by atoms with van der Waals surface area (Å²) in [6.07, 6.45) is 5.44. The highest BCUT2D eigenvalue weighted by Crippen LogP contribution is 2.32. The largest absolute Gasteiger partial charge is 0.309 e. The van der Waals surface area contributed by atoms with Gasteiger partial charge in [0.25, 0.3) is 0 Å². The van der Waals surface area contributed by atoms with Crippen LogP contribution < -0.4 is 0 Å². The third kappa shape index (κ3) is 2.96. The van der Waals surface area contributed by atoms with E-state index in [1.165, 1.54) is 0 Å². The zero-order valence-electron chi connectivity index (χ0n) is 13.9. The molecule has 0 saturated carbocycles. The lowest BCUT2D eigenvalue weighted by molar-refractivity contribution is 0.436. The Morgan fingerprint density at radius 3 is 2.43 bits per heavy atom. The lowest BCUT2D eigenvalue weighted by atomic mass is 10.1. The first kappa shape index (κ1) is 16.3.